The number of carbonyl (C=O) groups excluding carboxylic acids is 1. The van der Waals surface area contributed by atoms with Crippen LogP contribution in [0.2, 0.25) is 0 Å². The van der Waals surface area contributed by atoms with Gasteiger partial charge in [-0.05, 0) is 42.8 Å². The maximum Gasteiger partial charge on any atom is 0.251 e. The second kappa shape index (κ2) is 7.07. The fourth-order valence-corrected chi connectivity index (χ4v) is 2.26. The zero-order valence-corrected chi connectivity index (χ0v) is 12.7. The average Bonchev–Trinajstić information content (AvgIpc) is 2.46. The number of unbranched alkanes of at least 4 members (excludes halogenated alkanes) is 1. The second-order valence-electron chi connectivity index (χ2n) is 5.41. The van der Waals surface area contributed by atoms with Gasteiger partial charge in [0, 0.05) is 24.0 Å². The Morgan fingerprint density at radius 1 is 1.29 bits per heavy atom. The largest absolute Gasteiger partial charge is 0.356 e. The smallest absolute Gasteiger partial charge is 0.251 e. The van der Waals surface area contributed by atoms with Crippen molar-refractivity contribution < 1.29 is 4.79 Å². The van der Waals surface area contributed by atoms with Gasteiger partial charge in [0.2, 0.25) is 5.91 Å². The molecule has 112 valence electrons. The van der Waals surface area contributed by atoms with Crippen LogP contribution in [0.15, 0.2) is 29.1 Å². The van der Waals surface area contributed by atoms with Crippen molar-refractivity contribution in [1.29, 1.82) is 0 Å². The van der Waals surface area contributed by atoms with Crippen molar-refractivity contribution in [2.45, 2.75) is 39.5 Å². The topological polar surface area (TPSA) is 62.0 Å². The minimum absolute atomic E-state index is 0.0584. The first-order chi connectivity index (χ1) is 10.1. The quantitative estimate of drug-likeness (QED) is 0.802. The van der Waals surface area contributed by atoms with Gasteiger partial charge in [0.15, 0.2) is 0 Å². The molecule has 0 aliphatic heterocycles. The van der Waals surface area contributed by atoms with Gasteiger partial charge in [0.05, 0.1) is 0 Å². The molecule has 0 unspecified atom stereocenters. The molecule has 4 heteroatoms. The van der Waals surface area contributed by atoms with Crippen LogP contribution in [-0.2, 0) is 11.2 Å². The number of hydrogen-bond acceptors (Lipinski definition) is 2. The van der Waals surface area contributed by atoms with Crippen LogP contribution in [-0.4, -0.2) is 17.4 Å². The van der Waals surface area contributed by atoms with E-state index in [0.717, 1.165) is 35.9 Å². The molecule has 4 nitrogen and oxygen atoms in total. The molecule has 2 N–H and O–H groups in total. The molecule has 2 aromatic rings. The number of fused-ring (bicyclic) bond motifs is 1. The Kier molecular flexibility index (Phi) is 5.14. The summed E-state index contributed by atoms with van der Waals surface area (Å²) < 4.78 is 0. The summed E-state index contributed by atoms with van der Waals surface area (Å²) in [4.78, 5) is 26.2. The Labute approximate surface area is 124 Å². The number of pyridine rings is 1. The number of aromatic amines is 1. The van der Waals surface area contributed by atoms with E-state index in [1.807, 2.05) is 24.3 Å². The molecule has 1 aromatic heterocycles. The number of H-pyrrole nitrogens is 1. The van der Waals surface area contributed by atoms with Crippen molar-refractivity contribution >= 4 is 16.8 Å². The van der Waals surface area contributed by atoms with E-state index >= 15 is 0 Å². The van der Waals surface area contributed by atoms with Gasteiger partial charge in [-0.1, -0.05) is 25.5 Å². The normalized spacial score (nSPS) is 10.8. The lowest BCUT2D eigenvalue weighted by molar-refractivity contribution is -0.121. The van der Waals surface area contributed by atoms with Crippen LogP contribution in [0.4, 0.5) is 0 Å². The predicted octanol–water partition coefficient (Wildman–Crippen LogP) is 2.69. The molecule has 1 amide bonds. The highest BCUT2D eigenvalue weighted by molar-refractivity contribution is 5.80. The zero-order valence-electron chi connectivity index (χ0n) is 12.7. The second-order valence-corrected chi connectivity index (χ2v) is 5.41. The van der Waals surface area contributed by atoms with E-state index in [0.29, 0.717) is 18.4 Å². The van der Waals surface area contributed by atoms with Crippen LogP contribution < -0.4 is 10.9 Å². The molecule has 0 aliphatic rings. The molecule has 0 fully saturated rings. The van der Waals surface area contributed by atoms with Gasteiger partial charge in [-0.2, -0.15) is 0 Å². The Hall–Kier alpha value is -2.10. The van der Waals surface area contributed by atoms with E-state index < -0.39 is 0 Å². The molecular weight excluding hydrogens is 264 g/mol. The van der Waals surface area contributed by atoms with Gasteiger partial charge in [-0.25, -0.2) is 0 Å². The maximum atomic E-state index is 11.7. The molecule has 0 atom stereocenters. The minimum Gasteiger partial charge on any atom is -0.356 e. The molecule has 0 aliphatic carbocycles. The Balaban J connectivity index is 2.01. The summed E-state index contributed by atoms with van der Waals surface area (Å²) in [5.41, 5.74) is 2.55. The van der Waals surface area contributed by atoms with Crippen LogP contribution in [0.1, 0.15) is 37.3 Å². The molecule has 1 aromatic carbocycles. The van der Waals surface area contributed by atoms with E-state index in [1.54, 1.807) is 6.92 Å². The fourth-order valence-electron chi connectivity index (χ4n) is 2.26. The molecule has 1 heterocycles. The molecule has 0 bridgehead atoms. The number of rotatable bonds is 6. The number of aryl methyl sites for hydroxylation is 2. The van der Waals surface area contributed by atoms with E-state index in [-0.39, 0.29) is 11.5 Å². The fraction of sp³-hybridized carbons (Fsp3) is 0.412. The van der Waals surface area contributed by atoms with E-state index in [9.17, 15) is 9.59 Å². The predicted molar refractivity (Wildman–Crippen MR) is 85.5 cm³/mol. The number of nitrogens with one attached hydrogen (secondary N) is 2. The molecule has 0 radical (unpaired) electrons. The third-order valence-corrected chi connectivity index (χ3v) is 3.59. The maximum absolute atomic E-state index is 11.7. The molecule has 21 heavy (non-hydrogen) atoms. The number of hydrogen-bond donors (Lipinski definition) is 2. The van der Waals surface area contributed by atoms with Gasteiger partial charge >= 0.3 is 0 Å². The SMILES string of the molecule is CCCCNC(=O)CCc1ccc2cc(C)c(=O)[nH]c2c1. The molecule has 2 rings (SSSR count). The van der Waals surface area contributed by atoms with Crippen molar-refractivity contribution in [2.75, 3.05) is 6.54 Å². The summed E-state index contributed by atoms with van der Waals surface area (Å²) in [7, 11) is 0. The summed E-state index contributed by atoms with van der Waals surface area (Å²) in [6.45, 7) is 4.65. The Morgan fingerprint density at radius 2 is 2.10 bits per heavy atom. The van der Waals surface area contributed by atoms with Crippen LogP contribution in [0.5, 0.6) is 0 Å². The van der Waals surface area contributed by atoms with Gasteiger partial charge in [-0.15, -0.1) is 0 Å². The van der Waals surface area contributed by atoms with Gasteiger partial charge in [0.1, 0.15) is 0 Å². The lowest BCUT2D eigenvalue weighted by atomic mass is 10.1. The lowest BCUT2D eigenvalue weighted by Gasteiger charge is -2.06. The first-order valence-corrected chi connectivity index (χ1v) is 7.49. The molecule has 0 saturated carbocycles. The van der Waals surface area contributed by atoms with E-state index in [2.05, 4.69) is 17.2 Å². The summed E-state index contributed by atoms with van der Waals surface area (Å²) >= 11 is 0. The highest BCUT2D eigenvalue weighted by atomic mass is 16.1. The highest BCUT2D eigenvalue weighted by Crippen LogP contribution is 2.14. The monoisotopic (exact) mass is 286 g/mol. The number of carbonyl (C=O) groups is 1. The summed E-state index contributed by atoms with van der Waals surface area (Å²) in [6, 6.07) is 7.84. The Bertz CT molecular complexity index is 689. The van der Waals surface area contributed by atoms with Gasteiger partial charge < -0.3 is 10.3 Å². The van der Waals surface area contributed by atoms with Gasteiger partial charge in [-0.3, -0.25) is 9.59 Å². The molecule has 0 saturated heterocycles. The standard InChI is InChI=1S/C17H22N2O2/c1-3-4-9-18-16(20)8-6-13-5-7-14-10-12(2)17(21)19-15(14)11-13/h5,7,10-11H,3-4,6,8-9H2,1-2H3,(H,18,20)(H,19,21). The van der Waals surface area contributed by atoms with Crippen molar-refractivity contribution in [3.8, 4) is 0 Å². The van der Waals surface area contributed by atoms with Crippen molar-refractivity contribution in [1.82, 2.24) is 10.3 Å². The highest BCUT2D eigenvalue weighted by Gasteiger charge is 2.04. The summed E-state index contributed by atoms with van der Waals surface area (Å²) in [5.74, 6) is 0.0842. The van der Waals surface area contributed by atoms with Crippen molar-refractivity contribution in [2.24, 2.45) is 0 Å². The average molecular weight is 286 g/mol. The summed E-state index contributed by atoms with van der Waals surface area (Å²) in [6.07, 6.45) is 3.26. The molecular formula is C17H22N2O2. The number of amides is 1. The third-order valence-electron chi connectivity index (χ3n) is 3.59. The lowest BCUT2D eigenvalue weighted by Crippen LogP contribution is -2.24. The molecule has 0 spiro atoms. The van der Waals surface area contributed by atoms with Crippen LogP contribution in [0, 0.1) is 6.92 Å². The number of aromatic nitrogens is 1. The minimum atomic E-state index is -0.0584. The number of benzene rings is 1. The summed E-state index contributed by atoms with van der Waals surface area (Å²) in [5, 5.41) is 3.93. The van der Waals surface area contributed by atoms with E-state index in [1.165, 1.54) is 0 Å². The van der Waals surface area contributed by atoms with Crippen LogP contribution in [0.3, 0.4) is 0 Å². The zero-order chi connectivity index (χ0) is 15.2. The first kappa shape index (κ1) is 15.3. The Morgan fingerprint density at radius 3 is 2.86 bits per heavy atom. The third kappa shape index (κ3) is 4.18. The van der Waals surface area contributed by atoms with Crippen LogP contribution in [0.25, 0.3) is 10.9 Å². The first-order valence-electron chi connectivity index (χ1n) is 7.49. The van der Waals surface area contributed by atoms with Crippen molar-refractivity contribution in [3.05, 3.63) is 45.7 Å². The van der Waals surface area contributed by atoms with E-state index in [4.69, 9.17) is 0 Å². The van der Waals surface area contributed by atoms with Crippen molar-refractivity contribution in [3.63, 3.8) is 0 Å². The van der Waals surface area contributed by atoms with Gasteiger partial charge in [0.25, 0.3) is 5.56 Å². The van der Waals surface area contributed by atoms with Crippen LogP contribution >= 0.6 is 0 Å².